The van der Waals surface area contributed by atoms with E-state index in [1.807, 2.05) is 6.92 Å². The van der Waals surface area contributed by atoms with Gasteiger partial charge in [0.1, 0.15) is 0 Å². The van der Waals surface area contributed by atoms with E-state index >= 15 is 0 Å². The summed E-state index contributed by atoms with van der Waals surface area (Å²) in [5, 5.41) is 5.78. The number of rotatable bonds is 8. The zero-order valence-electron chi connectivity index (χ0n) is 13.0. The molecule has 0 saturated heterocycles. The van der Waals surface area contributed by atoms with Gasteiger partial charge in [0.2, 0.25) is 11.8 Å². The molecule has 5 nitrogen and oxygen atoms in total. The Morgan fingerprint density at radius 2 is 1.76 bits per heavy atom. The van der Waals surface area contributed by atoms with Crippen molar-refractivity contribution in [2.75, 3.05) is 13.1 Å². The van der Waals surface area contributed by atoms with Crippen LogP contribution in [0.1, 0.15) is 58.3 Å². The van der Waals surface area contributed by atoms with Gasteiger partial charge >= 0.3 is 0 Å². The predicted molar refractivity (Wildman–Crippen MR) is 87.3 cm³/mol. The summed E-state index contributed by atoms with van der Waals surface area (Å²) >= 11 is 0. The van der Waals surface area contributed by atoms with E-state index in [2.05, 4.69) is 10.6 Å². The van der Waals surface area contributed by atoms with Crippen molar-refractivity contribution in [3.63, 3.8) is 0 Å². The molecular formula is C15H30ClN3O2. The van der Waals surface area contributed by atoms with E-state index in [-0.39, 0.29) is 43.1 Å². The maximum atomic E-state index is 11.9. The van der Waals surface area contributed by atoms with E-state index in [0.717, 1.165) is 19.3 Å². The van der Waals surface area contributed by atoms with Crippen LogP contribution in [0.2, 0.25) is 0 Å². The quantitative estimate of drug-likeness (QED) is 0.637. The van der Waals surface area contributed by atoms with Gasteiger partial charge < -0.3 is 16.4 Å². The Morgan fingerprint density at radius 3 is 2.33 bits per heavy atom. The third kappa shape index (κ3) is 8.27. The first kappa shape index (κ1) is 20.2. The van der Waals surface area contributed by atoms with Crippen molar-refractivity contribution < 1.29 is 9.59 Å². The van der Waals surface area contributed by atoms with Crippen LogP contribution in [-0.2, 0) is 9.59 Å². The monoisotopic (exact) mass is 319 g/mol. The largest absolute Gasteiger partial charge is 0.356 e. The van der Waals surface area contributed by atoms with Gasteiger partial charge in [0, 0.05) is 32.0 Å². The maximum Gasteiger partial charge on any atom is 0.220 e. The van der Waals surface area contributed by atoms with E-state index in [0.29, 0.717) is 19.0 Å². The molecule has 1 saturated carbocycles. The standard InChI is InChI=1S/C15H29N3O2.ClH/c1-2-10-17-14(19)8-9-15(20)18-13(11-16)12-6-4-3-5-7-12;/h12-13H,2-11,16H2,1H3,(H,17,19)(H,18,20);1H. The van der Waals surface area contributed by atoms with Crippen molar-refractivity contribution in [3.8, 4) is 0 Å². The molecule has 0 aromatic heterocycles. The maximum absolute atomic E-state index is 11.9. The number of carbonyl (C=O) groups is 2. The molecule has 0 radical (unpaired) electrons. The molecule has 124 valence electrons. The van der Waals surface area contributed by atoms with Crippen molar-refractivity contribution in [2.45, 2.75) is 64.3 Å². The minimum atomic E-state index is -0.0577. The van der Waals surface area contributed by atoms with Crippen LogP contribution in [0.4, 0.5) is 0 Å². The van der Waals surface area contributed by atoms with Gasteiger partial charge in [0.15, 0.2) is 0 Å². The van der Waals surface area contributed by atoms with Crippen LogP contribution >= 0.6 is 12.4 Å². The Hall–Kier alpha value is -0.810. The summed E-state index contributed by atoms with van der Waals surface area (Å²) in [7, 11) is 0. The summed E-state index contributed by atoms with van der Waals surface area (Å²) in [5.41, 5.74) is 5.78. The number of halogens is 1. The number of nitrogens with one attached hydrogen (secondary N) is 2. The second kappa shape index (κ2) is 11.8. The fourth-order valence-corrected chi connectivity index (χ4v) is 2.76. The van der Waals surface area contributed by atoms with E-state index in [4.69, 9.17) is 5.73 Å². The van der Waals surface area contributed by atoms with Gasteiger partial charge in [0.25, 0.3) is 0 Å². The Kier molecular flexibility index (Phi) is 11.4. The first-order chi connectivity index (χ1) is 9.67. The molecule has 0 aliphatic heterocycles. The van der Waals surface area contributed by atoms with Crippen LogP contribution in [0.5, 0.6) is 0 Å². The average molecular weight is 320 g/mol. The normalized spacial score (nSPS) is 16.7. The predicted octanol–water partition coefficient (Wildman–Crippen LogP) is 1.74. The van der Waals surface area contributed by atoms with E-state index in [9.17, 15) is 9.59 Å². The first-order valence-corrected chi connectivity index (χ1v) is 7.93. The molecule has 0 bridgehead atoms. The van der Waals surface area contributed by atoms with Crippen molar-refractivity contribution in [1.82, 2.24) is 10.6 Å². The minimum absolute atomic E-state index is 0. The number of nitrogens with two attached hydrogens (primary N) is 1. The van der Waals surface area contributed by atoms with Crippen LogP contribution in [0, 0.1) is 5.92 Å². The molecule has 0 aromatic rings. The molecule has 1 fully saturated rings. The minimum Gasteiger partial charge on any atom is -0.356 e. The molecular weight excluding hydrogens is 290 g/mol. The fraction of sp³-hybridized carbons (Fsp3) is 0.867. The van der Waals surface area contributed by atoms with Crippen LogP contribution in [0.3, 0.4) is 0 Å². The molecule has 0 aromatic carbocycles. The molecule has 1 rings (SSSR count). The van der Waals surface area contributed by atoms with Crippen LogP contribution in [-0.4, -0.2) is 30.9 Å². The van der Waals surface area contributed by atoms with Gasteiger partial charge in [-0.25, -0.2) is 0 Å². The van der Waals surface area contributed by atoms with Crippen molar-refractivity contribution >= 4 is 24.2 Å². The fourth-order valence-electron chi connectivity index (χ4n) is 2.76. The lowest BCUT2D eigenvalue weighted by molar-refractivity contribution is -0.127. The molecule has 0 heterocycles. The number of carbonyl (C=O) groups excluding carboxylic acids is 2. The summed E-state index contributed by atoms with van der Waals surface area (Å²) in [6, 6.07) is 0.0708. The highest BCUT2D eigenvalue weighted by molar-refractivity contribution is 5.85. The summed E-state index contributed by atoms with van der Waals surface area (Å²) in [4.78, 5) is 23.3. The van der Waals surface area contributed by atoms with Gasteiger partial charge in [-0.1, -0.05) is 26.2 Å². The molecule has 0 spiro atoms. The van der Waals surface area contributed by atoms with Gasteiger partial charge in [-0.15, -0.1) is 12.4 Å². The van der Waals surface area contributed by atoms with E-state index in [1.165, 1.54) is 19.3 Å². The highest BCUT2D eigenvalue weighted by Gasteiger charge is 2.23. The topological polar surface area (TPSA) is 84.2 Å². The van der Waals surface area contributed by atoms with Crippen molar-refractivity contribution in [3.05, 3.63) is 0 Å². The molecule has 1 aliphatic carbocycles. The molecule has 1 unspecified atom stereocenters. The lowest BCUT2D eigenvalue weighted by atomic mass is 9.84. The lowest BCUT2D eigenvalue weighted by Crippen LogP contribution is -2.46. The van der Waals surface area contributed by atoms with E-state index < -0.39 is 0 Å². The lowest BCUT2D eigenvalue weighted by Gasteiger charge is -2.30. The Labute approximate surface area is 134 Å². The third-order valence-corrected chi connectivity index (χ3v) is 3.97. The second-order valence-electron chi connectivity index (χ2n) is 5.66. The molecule has 2 amide bonds. The summed E-state index contributed by atoms with van der Waals surface area (Å²) in [6.45, 7) is 3.16. The van der Waals surface area contributed by atoms with Gasteiger partial charge in [-0.05, 0) is 25.2 Å². The number of hydrogen-bond donors (Lipinski definition) is 3. The van der Waals surface area contributed by atoms with Gasteiger partial charge in [-0.3, -0.25) is 9.59 Å². The van der Waals surface area contributed by atoms with Crippen molar-refractivity contribution in [2.24, 2.45) is 11.7 Å². The first-order valence-electron chi connectivity index (χ1n) is 7.93. The van der Waals surface area contributed by atoms with Gasteiger partial charge in [0.05, 0.1) is 0 Å². The zero-order chi connectivity index (χ0) is 14.8. The van der Waals surface area contributed by atoms with E-state index in [1.54, 1.807) is 0 Å². The van der Waals surface area contributed by atoms with Crippen LogP contribution < -0.4 is 16.4 Å². The summed E-state index contributed by atoms with van der Waals surface area (Å²) < 4.78 is 0. The molecule has 1 aliphatic rings. The smallest absolute Gasteiger partial charge is 0.220 e. The van der Waals surface area contributed by atoms with Gasteiger partial charge in [-0.2, -0.15) is 0 Å². The molecule has 21 heavy (non-hydrogen) atoms. The molecule has 6 heteroatoms. The highest BCUT2D eigenvalue weighted by Crippen LogP contribution is 2.26. The van der Waals surface area contributed by atoms with Crippen LogP contribution in [0.15, 0.2) is 0 Å². The highest BCUT2D eigenvalue weighted by atomic mass is 35.5. The van der Waals surface area contributed by atoms with Crippen molar-refractivity contribution in [1.29, 1.82) is 0 Å². The summed E-state index contributed by atoms with van der Waals surface area (Å²) in [5.74, 6) is 0.397. The zero-order valence-corrected chi connectivity index (χ0v) is 13.8. The third-order valence-electron chi connectivity index (χ3n) is 3.97. The molecule has 1 atom stereocenters. The average Bonchev–Trinajstić information content (AvgIpc) is 2.49. The molecule has 4 N–H and O–H groups in total. The number of hydrogen-bond acceptors (Lipinski definition) is 3. The number of amides is 2. The summed E-state index contributed by atoms with van der Waals surface area (Å²) in [6.07, 6.45) is 7.48. The SMILES string of the molecule is CCCNC(=O)CCC(=O)NC(CN)C1CCCCC1.Cl. The van der Waals surface area contributed by atoms with Crippen LogP contribution in [0.25, 0.3) is 0 Å². The Morgan fingerprint density at radius 1 is 1.14 bits per heavy atom. The Balaban J connectivity index is 0.00000400. The second-order valence-corrected chi connectivity index (χ2v) is 5.66. The Bertz CT molecular complexity index is 307.